The van der Waals surface area contributed by atoms with Crippen LogP contribution in [0.5, 0.6) is 0 Å². The standard InChI is InChI=1S/C26H24N4O/c1-18-9-11-21(12-10-18)25-27-14-13-24(30-25)29-23-8-4-7-22(16-23)26(31)28-17-20-6-3-5-19(2)15-20/h3-16H,17H2,1-2H3,(H,28,31)(H,27,29,30). The Balaban J connectivity index is 1.45. The summed E-state index contributed by atoms with van der Waals surface area (Å²) in [6.45, 7) is 4.58. The number of anilines is 2. The normalized spacial score (nSPS) is 10.5. The van der Waals surface area contributed by atoms with Gasteiger partial charge >= 0.3 is 0 Å². The topological polar surface area (TPSA) is 66.9 Å². The second-order valence-corrected chi connectivity index (χ2v) is 7.51. The summed E-state index contributed by atoms with van der Waals surface area (Å²) in [7, 11) is 0. The quantitative estimate of drug-likeness (QED) is 0.446. The highest BCUT2D eigenvalue weighted by Gasteiger charge is 2.08. The molecule has 31 heavy (non-hydrogen) atoms. The van der Waals surface area contributed by atoms with Crippen LogP contribution < -0.4 is 10.6 Å². The minimum atomic E-state index is -0.117. The molecule has 1 amide bonds. The summed E-state index contributed by atoms with van der Waals surface area (Å²) in [5.74, 6) is 1.20. The van der Waals surface area contributed by atoms with Crippen LogP contribution in [0.3, 0.4) is 0 Å². The predicted octanol–water partition coefficient (Wildman–Crippen LogP) is 5.43. The fraction of sp³-hybridized carbons (Fsp3) is 0.115. The molecule has 0 aliphatic carbocycles. The fourth-order valence-electron chi connectivity index (χ4n) is 3.26. The van der Waals surface area contributed by atoms with Crippen LogP contribution >= 0.6 is 0 Å². The SMILES string of the molecule is Cc1ccc(-c2nccc(Nc3cccc(C(=O)NCc4cccc(C)c4)c3)n2)cc1. The van der Waals surface area contributed by atoms with Gasteiger partial charge in [-0.1, -0.05) is 65.7 Å². The average Bonchev–Trinajstić information content (AvgIpc) is 2.78. The first-order valence-electron chi connectivity index (χ1n) is 10.2. The highest BCUT2D eigenvalue weighted by atomic mass is 16.1. The number of nitrogens with zero attached hydrogens (tertiary/aromatic N) is 2. The summed E-state index contributed by atoms with van der Waals surface area (Å²) in [5, 5.41) is 6.25. The first-order valence-corrected chi connectivity index (χ1v) is 10.2. The van der Waals surface area contributed by atoms with Crippen molar-refractivity contribution in [2.75, 3.05) is 5.32 Å². The van der Waals surface area contributed by atoms with Gasteiger partial charge in [-0.15, -0.1) is 0 Å². The van der Waals surface area contributed by atoms with E-state index in [2.05, 4.69) is 26.7 Å². The average molecular weight is 409 g/mol. The first kappa shape index (κ1) is 20.3. The van der Waals surface area contributed by atoms with E-state index in [1.165, 1.54) is 11.1 Å². The molecule has 0 spiro atoms. The number of rotatable bonds is 6. The van der Waals surface area contributed by atoms with Crippen LogP contribution in [-0.2, 0) is 6.54 Å². The lowest BCUT2D eigenvalue weighted by molar-refractivity contribution is 0.0951. The van der Waals surface area contributed by atoms with Gasteiger partial charge in [-0.3, -0.25) is 4.79 Å². The summed E-state index contributed by atoms with van der Waals surface area (Å²) in [6, 6.07) is 25.4. The van der Waals surface area contributed by atoms with E-state index in [9.17, 15) is 4.79 Å². The smallest absolute Gasteiger partial charge is 0.251 e. The first-order chi connectivity index (χ1) is 15.1. The van der Waals surface area contributed by atoms with Gasteiger partial charge < -0.3 is 10.6 Å². The number of hydrogen-bond donors (Lipinski definition) is 2. The highest BCUT2D eigenvalue weighted by molar-refractivity contribution is 5.95. The van der Waals surface area contributed by atoms with Gasteiger partial charge in [0.2, 0.25) is 0 Å². The molecule has 154 valence electrons. The Bertz CT molecular complexity index is 1200. The molecule has 0 aliphatic heterocycles. The van der Waals surface area contributed by atoms with Crippen LogP contribution in [0.25, 0.3) is 11.4 Å². The van der Waals surface area contributed by atoms with Gasteiger partial charge in [0.15, 0.2) is 5.82 Å². The maximum absolute atomic E-state index is 12.6. The third kappa shape index (κ3) is 5.34. The lowest BCUT2D eigenvalue weighted by atomic mass is 10.1. The van der Waals surface area contributed by atoms with Crippen molar-refractivity contribution in [2.45, 2.75) is 20.4 Å². The van der Waals surface area contributed by atoms with E-state index in [1.54, 1.807) is 12.3 Å². The Labute approximate surface area is 182 Å². The third-order valence-electron chi connectivity index (χ3n) is 4.90. The highest BCUT2D eigenvalue weighted by Crippen LogP contribution is 2.20. The minimum absolute atomic E-state index is 0.117. The Hall–Kier alpha value is -3.99. The predicted molar refractivity (Wildman–Crippen MR) is 124 cm³/mol. The second kappa shape index (κ2) is 9.22. The molecule has 0 unspecified atom stereocenters. The third-order valence-corrected chi connectivity index (χ3v) is 4.90. The van der Waals surface area contributed by atoms with E-state index in [-0.39, 0.29) is 5.91 Å². The molecule has 0 saturated heterocycles. The summed E-state index contributed by atoms with van der Waals surface area (Å²) in [5.41, 5.74) is 5.77. The Kier molecular flexibility index (Phi) is 6.03. The molecular formula is C26H24N4O. The number of amides is 1. The zero-order valence-corrected chi connectivity index (χ0v) is 17.6. The summed E-state index contributed by atoms with van der Waals surface area (Å²) in [6.07, 6.45) is 1.73. The maximum atomic E-state index is 12.6. The number of carbonyl (C=O) groups excluding carboxylic acids is 1. The van der Waals surface area contributed by atoms with Crippen LogP contribution in [-0.4, -0.2) is 15.9 Å². The van der Waals surface area contributed by atoms with E-state index in [1.807, 2.05) is 80.6 Å². The zero-order chi connectivity index (χ0) is 21.6. The molecule has 0 radical (unpaired) electrons. The fourth-order valence-corrected chi connectivity index (χ4v) is 3.26. The molecule has 0 atom stereocenters. The van der Waals surface area contributed by atoms with Crippen LogP contribution in [0.4, 0.5) is 11.5 Å². The van der Waals surface area contributed by atoms with E-state index >= 15 is 0 Å². The lowest BCUT2D eigenvalue weighted by Gasteiger charge is -2.10. The number of aromatic nitrogens is 2. The van der Waals surface area contributed by atoms with Crippen molar-refractivity contribution in [3.8, 4) is 11.4 Å². The van der Waals surface area contributed by atoms with Gasteiger partial charge in [-0.2, -0.15) is 0 Å². The van der Waals surface area contributed by atoms with Crippen LogP contribution in [0.2, 0.25) is 0 Å². The van der Waals surface area contributed by atoms with Crippen LogP contribution in [0.15, 0.2) is 85.1 Å². The van der Waals surface area contributed by atoms with E-state index < -0.39 is 0 Å². The Morgan fingerprint density at radius 1 is 0.871 bits per heavy atom. The monoisotopic (exact) mass is 408 g/mol. The van der Waals surface area contributed by atoms with Crippen LogP contribution in [0.1, 0.15) is 27.0 Å². The van der Waals surface area contributed by atoms with Crippen molar-refractivity contribution < 1.29 is 4.79 Å². The molecule has 0 saturated carbocycles. The Morgan fingerprint density at radius 2 is 1.68 bits per heavy atom. The molecule has 3 aromatic carbocycles. The number of carbonyl (C=O) groups is 1. The summed E-state index contributed by atoms with van der Waals surface area (Å²) < 4.78 is 0. The number of benzene rings is 3. The van der Waals surface area contributed by atoms with Gasteiger partial charge in [-0.05, 0) is 43.7 Å². The van der Waals surface area contributed by atoms with Crippen molar-refractivity contribution in [1.29, 1.82) is 0 Å². The van der Waals surface area contributed by atoms with Gasteiger partial charge in [0.25, 0.3) is 5.91 Å². The van der Waals surface area contributed by atoms with Gasteiger partial charge in [0.05, 0.1) is 0 Å². The van der Waals surface area contributed by atoms with E-state index in [0.717, 1.165) is 16.8 Å². The van der Waals surface area contributed by atoms with E-state index in [0.29, 0.717) is 23.8 Å². The van der Waals surface area contributed by atoms with Crippen LogP contribution in [0, 0.1) is 13.8 Å². The Morgan fingerprint density at radius 3 is 2.48 bits per heavy atom. The molecular weight excluding hydrogens is 384 g/mol. The lowest BCUT2D eigenvalue weighted by Crippen LogP contribution is -2.22. The maximum Gasteiger partial charge on any atom is 0.251 e. The number of aryl methyl sites for hydroxylation is 2. The van der Waals surface area contributed by atoms with Gasteiger partial charge in [0, 0.05) is 29.6 Å². The van der Waals surface area contributed by atoms with Crippen molar-refractivity contribution in [1.82, 2.24) is 15.3 Å². The molecule has 4 aromatic rings. The molecule has 0 aliphatic rings. The molecule has 0 fully saturated rings. The molecule has 5 heteroatoms. The number of nitrogens with one attached hydrogen (secondary N) is 2. The van der Waals surface area contributed by atoms with Crippen molar-refractivity contribution in [3.05, 3.63) is 107 Å². The minimum Gasteiger partial charge on any atom is -0.348 e. The van der Waals surface area contributed by atoms with E-state index in [4.69, 9.17) is 0 Å². The molecule has 1 heterocycles. The number of hydrogen-bond acceptors (Lipinski definition) is 4. The summed E-state index contributed by atoms with van der Waals surface area (Å²) >= 11 is 0. The molecule has 1 aromatic heterocycles. The summed E-state index contributed by atoms with van der Waals surface area (Å²) in [4.78, 5) is 21.6. The molecule has 5 nitrogen and oxygen atoms in total. The van der Waals surface area contributed by atoms with Gasteiger partial charge in [-0.25, -0.2) is 9.97 Å². The molecule has 2 N–H and O–H groups in total. The zero-order valence-electron chi connectivity index (χ0n) is 17.6. The van der Waals surface area contributed by atoms with Crippen molar-refractivity contribution >= 4 is 17.4 Å². The molecule has 4 rings (SSSR count). The van der Waals surface area contributed by atoms with Gasteiger partial charge in [0.1, 0.15) is 5.82 Å². The molecule has 0 bridgehead atoms. The van der Waals surface area contributed by atoms with Crippen molar-refractivity contribution in [3.63, 3.8) is 0 Å². The second-order valence-electron chi connectivity index (χ2n) is 7.51. The largest absolute Gasteiger partial charge is 0.348 e. The van der Waals surface area contributed by atoms with Crippen molar-refractivity contribution in [2.24, 2.45) is 0 Å².